The van der Waals surface area contributed by atoms with E-state index in [1.807, 2.05) is 6.92 Å². The minimum atomic E-state index is 0.0659. The SMILES string of the molecule is CCO[C@H]1C[C@@H](NC(=O)CCc2cnccn2)C12CCOCC2. The first-order valence-corrected chi connectivity index (χ1v) is 8.48. The van der Waals surface area contributed by atoms with Crippen LogP contribution < -0.4 is 5.32 Å². The lowest BCUT2D eigenvalue weighted by molar-refractivity contribution is -0.175. The van der Waals surface area contributed by atoms with Crippen LogP contribution in [-0.4, -0.2) is 47.8 Å². The predicted molar refractivity (Wildman–Crippen MR) is 84.8 cm³/mol. The summed E-state index contributed by atoms with van der Waals surface area (Å²) >= 11 is 0. The summed E-state index contributed by atoms with van der Waals surface area (Å²) < 4.78 is 11.4. The summed E-state index contributed by atoms with van der Waals surface area (Å²) in [4.78, 5) is 20.5. The number of carbonyl (C=O) groups excluding carboxylic acids is 1. The lowest BCUT2D eigenvalue weighted by Crippen LogP contribution is -2.66. The Labute approximate surface area is 137 Å². The van der Waals surface area contributed by atoms with Gasteiger partial charge < -0.3 is 14.8 Å². The molecule has 1 N–H and O–H groups in total. The third kappa shape index (κ3) is 3.53. The van der Waals surface area contributed by atoms with Crippen molar-refractivity contribution in [2.45, 2.75) is 51.2 Å². The van der Waals surface area contributed by atoms with E-state index in [0.717, 1.165) is 44.8 Å². The molecule has 0 aromatic carbocycles. The molecule has 0 bridgehead atoms. The standard InChI is InChI=1S/C17H25N3O3/c1-2-23-15-11-14(17(15)5-9-22-10-6-17)20-16(21)4-3-13-12-18-7-8-19-13/h7-8,12,14-15H,2-6,9-11H2,1H3,(H,20,21)/t14-,15+/m1/s1. The zero-order chi connectivity index (χ0) is 16.1. The third-order valence-corrected chi connectivity index (χ3v) is 5.14. The lowest BCUT2D eigenvalue weighted by atomic mass is 9.57. The summed E-state index contributed by atoms with van der Waals surface area (Å²) in [7, 11) is 0. The van der Waals surface area contributed by atoms with Gasteiger partial charge in [-0.3, -0.25) is 14.8 Å². The molecule has 1 aliphatic carbocycles. The van der Waals surface area contributed by atoms with Crippen LogP contribution in [-0.2, 0) is 20.7 Å². The Morgan fingerprint density at radius 2 is 2.26 bits per heavy atom. The van der Waals surface area contributed by atoms with Crippen molar-refractivity contribution < 1.29 is 14.3 Å². The molecule has 6 heteroatoms. The van der Waals surface area contributed by atoms with Gasteiger partial charge in [0, 0.05) is 56.3 Å². The van der Waals surface area contributed by atoms with E-state index in [4.69, 9.17) is 9.47 Å². The minimum Gasteiger partial charge on any atom is -0.381 e. The van der Waals surface area contributed by atoms with Gasteiger partial charge in [0.15, 0.2) is 0 Å². The van der Waals surface area contributed by atoms with Crippen molar-refractivity contribution in [1.29, 1.82) is 0 Å². The Morgan fingerprint density at radius 3 is 2.96 bits per heavy atom. The maximum Gasteiger partial charge on any atom is 0.220 e. The van der Waals surface area contributed by atoms with E-state index in [9.17, 15) is 4.79 Å². The first kappa shape index (κ1) is 16.3. The molecule has 1 saturated heterocycles. The number of nitrogens with zero attached hydrogens (tertiary/aromatic N) is 2. The van der Waals surface area contributed by atoms with Gasteiger partial charge in [-0.25, -0.2) is 0 Å². The van der Waals surface area contributed by atoms with Crippen LogP contribution in [0.4, 0.5) is 0 Å². The molecule has 2 heterocycles. The number of carbonyl (C=O) groups is 1. The molecular formula is C17H25N3O3. The summed E-state index contributed by atoms with van der Waals surface area (Å²) in [5.74, 6) is 0.0847. The van der Waals surface area contributed by atoms with Gasteiger partial charge in [0.1, 0.15) is 0 Å². The molecule has 1 amide bonds. The van der Waals surface area contributed by atoms with Crippen LogP contribution in [0.5, 0.6) is 0 Å². The fraction of sp³-hybridized carbons (Fsp3) is 0.706. The van der Waals surface area contributed by atoms with E-state index in [1.165, 1.54) is 0 Å². The zero-order valence-electron chi connectivity index (χ0n) is 13.7. The van der Waals surface area contributed by atoms with Gasteiger partial charge in [0.25, 0.3) is 0 Å². The predicted octanol–water partition coefficient (Wildman–Crippen LogP) is 1.50. The average Bonchev–Trinajstić information content (AvgIpc) is 2.61. The Hall–Kier alpha value is -1.53. The highest BCUT2D eigenvalue weighted by Crippen LogP contribution is 2.50. The van der Waals surface area contributed by atoms with Crippen molar-refractivity contribution in [3.8, 4) is 0 Å². The molecule has 1 aromatic heterocycles. The third-order valence-electron chi connectivity index (χ3n) is 5.14. The molecule has 2 atom stereocenters. The molecule has 126 valence electrons. The quantitative estimate of drug-likeness (QED) is 0.860. The largest absolute Gasteiger partial charge is 0.381 e. The van der Waals surface area contributed by atoms with Crippen LogP contribution in [0.25, 0.3) is 0 Å². The van der Waals surface area contributed by atoms with E-state index in [0.29, 0.717) is 12.8 Å². The van der Waals surface area contributed by atoms with Gasteiger partial charge >= 0.3 is 0 Å². The van der Waals surface area contributed by atoms with Crippen molar-refractivity contribution in [3.63, 3.8) is 0 Å². The average molecular weight is 319 g/mol. The Bertz CT molecular complexity index is 517. The van der Waals surface area contributed by atoms with Gasteiger partial charge in [-0.1, -0.05) is 0 Å². The number of aryl methyl sites for hydroxylation is 1. The van der Waals surface area contributed by atoms with Crippen LogP contribution in [0.1, 0.15) is 38.3 Å². The number of hydrogen-bond acceptors (Lipinski definition) is 5. The van der Waals surface area contributed by atoms with Crippen molar-refractivity contribution >= 4 is 5.91 Å². The number of ether oxygens (including phenoxy) is 2. The smallest absolute Gasteiger partial charge is 0.220 e. The van der Waals surface area contributed by atoms with Crippen LogP contribution in [0.15, 0.2) is 18.6 Å². The van der Waals surface area contributed by atoms with Crippen LogP contribution >= 0.6 is 0 Å². The molecule has 23 heavy (non-hydrogen) atoms. The number of rotatable bonds is 6. The van der Waals surface area contributed by atoms with Gasteiger partial charge in [0.05, 0.1) is 11.8 Å². The molecular weight excluding hydrogens is 294 g/mol. The first-order valence-electron chi connectivity index (χ1n) is 8.48. The van der Waals surface area contributed by atoms with Crippen molar-refractivity contribution in [3.05, 3.63) is 24.3 Å². The summed E-state index contributed by atoms with van der Waals surface area (Å²) in [5.41, 5.74) is 0.917. The highest BCUT2D eigenvalue weighted by molar-refractivity contribution is 5.76. The molecule has 1 aromatic rings. The topological polar surface area (TPSA) is 73.3 Å². The monoisotopic (exact) mass is 319 g/mol. The van der Waals surface area contributed by atoms with Gasteiger partial charge in [-0.05, 0) is 32.6 Å². The molecule has 0 radical (unpaired) electrons. The van der Waals surface area contributed by atoms with E-state index in [-0.39, 0.29) is 23.5 Å². The fourth-order valence-corrected chi connectivity index (χ4v) is 3.77. The van der Waals surface area contributed by atoms with Gasteiger partial charge in [-0.2, -0.15) is 0 Å². The normalized spacial score (nSPS) is 25.8. The Kier molecular flexibility index (Phi) is 5.23. The summed E-state index contributed by atoms with van der Waals surface area (Å²) in [6.45, 7) is 4.27. The molecule has 3 rings (SSSR count). The Balaban J connectivity index is 1.53. The highest BCUT2D eigenvalue weighted by atomic mass is 16.5. The molecule has 2 aliphatic rings. The molecule has 1 aliphatic heterocycles. The highest BCUT2D eigenvalue weighted by Gasteiger charge is 2.56. The van der Waals surface area contributed by atoms with Gasteiger partial charge in [-0.15, -0.1) is 0 Å². The summed E-state index contributed by atoms with van der Waals surface area (Å²) in [5, 5.41) is 3.21. The number of amides is 1. The van der Waals surface area contributed by atoms with Crippen LogP contribution in [0, 0.1) is 5.41 Å². The molecule has 1 saturated carbocycles. The maximum absolute atomic E-state index is 12.3. The molecule has 0 unspecified atom stereocenters. The molecule has 6 nitrogen and oxygen atoms in total. The molecule has 1 spiro atoms. The van der Waals surface area contributed by atoms with Crippen molar-refractivity contribution in [2.75, 3.05) is 19.8 Å². The fourth-order valence-electron chi connectivity index (χ4n) is 3.77. The van der Waals surface area contributed by atoms with Crippen LogP contribution in [0.2, 0.25) is 0 Å². The maximum atomic E-state index is 12.3. The van der Waals surface area contributed by atoms with E-state index >= 15 is 0 Å². The van der Waals surface area contributed by atoms with E-state index in [1.54, 1.807) is 18.6 Å². The Morgan fingerprint density at radius 1 is 1.43 bits per heavy atom. The second-order valence-electron chi connectivity index (χ2n) is 6.34. The van der Waals surface area contributed by atoms with E-state index in [2.05, 4.69) is 15.3 Å². The minimum absolute atomic E-state index is 0.0659. The number of nitrogens with one attached hydrogen (secondary N) is 1. The first-order chi connectivity index (χ1) is 11.2. The molecule has 2 fully saturated rings. The van der Waals surface area contributed by atoms with Crippen molar-refractivity contribution in [2.24, 2.45) is 5.41 Å². The lowest BCUT2D eigenvalue weighted by Gasteiger charge is -2.57. The number of hydrogen-bond donors (Lipinski definition) is 1. The van der Waals surface area contributed by atoms with Crippen LogP contribution in [0.3, 0.4) is 0 Å². The number of aromatic nitrogens is 2. The second kappa shape index (κ2) is 7.36. The summed E-state index contributed by atoms with van der Waals surface area (Å²) in [6.07, 6.45) is 9.16. The van der Waals surface area contributed by atoms with E-state index < -0.39 is 0 Å². The zero-order valence-corrected chi connectivity index (χ0v) is 13.7. The van der Waals surface area contributed by atoms with Gasteiger partial charge in [0.2, 0.25) is 5.91 Å². The van der Waals surface area contributed by atoms with Crippen molar-refractivity contribution in [1.82, 2.24) is 15.3 Å². The second-order valence-corrected chi connectivity index (χ2v) is 6.34. The summed E-state index contributed by atoms with van der Waals surface area (Å²) in [6, 6.07) is 0.206.